The van der Waals surface area contributed by atoms with E-state index in [4.69, 9.17) is 5.73 Å². The summed E-state index contributed by atoms with van der Waals surface area (Å²) in [6, 6.07) is 4.93. The molecule has 1 aliphatic rings. The van der Waals surface area contributed by atoms with Crippen LogP contribution in [0, 0.1) is 5.92 Å². The summed E-state index contributed by atoms with van der Waals surface area (Å²) in [5.74, 6) is 0.368. The van der Waals surface area contributed by atoms with Crippen LogP contribution in [0.2, 0.25) is 0 Å². The average Bonchev–Trinajstić information content (AvgIpc) is 2.46. The molecule has 0 bridgehead atoms. The summed E-state index contributed by atoms with van der Waals surface area (Å²) >= 11 is 0. The fraction of sp³-hybridized carbons (Fsp3) is 0.562. The fourth-order valence-corrected chi connectivity index (χ4v) is 2.94. The normalized spacial score (nSPS) is 21.7. The van der Waals surface area contributed by atoms with Crippen molar-refractivity contribution >= 4 is 18.3 Å². The first-order chi connectivity index (χ1) is 10.3. The molecule has 2 rings (SSSR count). The van der Waals surface area contributed by atoms with Crippen molar-refractivity contribution in [1.82, 2.24) is 4.90 Å². The summed E-state index contributed by atoms with van der Waals surface area (Å²) in [5.41, 5.74) is 5.39. The van der Waals surface area contributed by atoms with E-state index in [0.29, 0.717) is 24.6 Å². The Morgan fingerprint density at radius 1 is 1.39 bits per heavy atom. The second-order valence-corrected chi connectivity index (χ2v) is 5.98. The van der Waals surface area contributed by atoms with E-state index in [1.165, 1.54) is 6.07 Å². The number of halogens is 4. The summed E-state index contributed by atoms with van der Waals surface area (Å²) in [6.45, 7) is 3.14. The van der Waals surface area contributed by atoms with Crippen molar-refractivity contribution in [3.63, 3.8) is 0 Å². The van der Waals surface area contributed by atoms with Crippen molar-refractivity contribution in [3.05, 3.63) is 35.4 Å². The van der Waals surface area contributed by atoms with E-state index in [-0.39, 0.29) is 30.8 Å². The van der Waals surface area contributed by atoms with Crippen LogP contribution in [0.15, 0.2) is 24.3 Å². The SMILES string of the molecule is CC1CCN(C(=O)Cc2cccc(C(F)(F)F)c2)C(CN)C1.Cl. The first-order valence-electron chi connectivity index (χ1n) is 7.47. The van der Waals surface area contributed by atoms with Crippen LogP contribution in [-0.4, -0.2) is 29.9 Å². The molecule has 0 saturated carbocycles. The Kier molecular flexibility index (Phi) is 6.89. The number of rotatable bonds is 3. The second-order valence-electron chi connectivity index (χ2n) is 5.98. The van der Waals surface area contributed by atoms with Gasteiger partial charge >= 0.3 is 6.18 Å². The number of alkyl halides is 3. The maximum absolute atomic E-state index is 12.7. The van der Waals surface area contributed by atoms with Gasteiger partial charge in [0.05, 0.1) is 12.0 Å². The van der Waals surface area contributed by atoms with E-state index >= 15 is 0 Å². The standard InChI is InChI=1S/C16H21F3N2O.ClH/c1-11-5-6-21(14(7-11)10-20)15(22)9-12-3-2-4-13(8-12)16(17,18)19;/h2-4,8,11,14H,5-7,9-10,20H2,1H3;1H. The zero-order valence-corrected chi connectivity index (χ0v) is 13.8. The number of nitrogens with two attached hydrogens (primary N) is 1. The predicted octanol–water partition coefficient (Wildman–Crippen LogP) is 3.26. The van der Waals surface area contributed by atoms with Gasteiger partial charge in [0.1, 0.15) is 0 Å². The molecule has 1 saturated heterocycles. The molecule has 1 aromatic carbocycles. The van der Waals surface area contributed by atoms with E-state index < -0.39 is 11.7 Å². The molecule has 0 radical (unpaired) electrons. The van der Waals surface area contributed by atoms with Gasteiger partial charge in [-0.1, -0.05) is 25.1 Å². The van der Waals surface area contributed by atoms with E-state index in [9.17, 15) is 18.0 Å². The quantitative estimate of drug-likeness (QED) is 0.909. The Hall–Kier alpha value is -1.27. The minimum atomic E-state index is -4.39. The zero-order chi connectivity index (χ0) is 16.3. The lowest BCUT2D eigenvalue weighted by Gasteiger charge is -2.38. The van der Waals surface area contributed by atoms with Gasteiger partial charge in [-0.15, -0.1) is 12.4 Å². The van der Waals surface area contributed by atoms with Crippen LogP contribution in [0.5, 0.6) is 0 Å². The molecule has 0 aliphatic carbocycles. The van der Waals surface area contributed by atoms with Gasteiger partial charge in [0.15, 0.2) is 0 Å². The summed E-state index contributed by atoms with van der Waals surface area (Å²) in [4.78, 5) is 14.1. The van der Waals surface area contributed by atoms with Crippen molar-refractivity contribution in [2.75, 3.05) is 13.1 Å². The highest BCUT2D eigenvalue weighted by atomic mass is 35.5. The van der Waals surface area contributed by atoms with E-state index in [0.717, 1.165) is 25.0 Å². The number of carbonyl (C=O) groups excluding carboxylic acids is 1. The fourth-order valence-electron chi connectivity index (χ4n) is 2.94. The third kappa shape index (κ3) is 5.11. The smallest absolute Gasteiger partial charge is 0.338 e. The van der Waals surface area contributed by atoms with Gasteiger partial charge < -0.3 is 10.6 Å². The van der Waals surface area contributed by atoms with Gasteiger partial charge in [0.25, 0.3) is 0 Å². The van der Waals surface area contributed by atoms with Crippen LogP contribution in [0.1, 0.15) is 30.9 Å². The molecule has 7 heteroatoms. The van der Waals surface area contributed by atoms with Gasteiger partial charge in [0, 0.05) is 19.1 Å². The van der Waals surface area contributed by atoms with Gasteiger partial charge in [-0.3, -0.25) is 4.79 Å². The van der Waals surface area contributed by atoms with Crippen LogP contribution >= 0.6 is 12.4 Å². The molecule has 23 heavy (non-hydrogen) atoms. The second kappa shape index (κ2) is 8.02. The highest BCUT2D eigenvalue weighted by Gasteiger charge is 2.31. The van der Waals surface area contributed by atoms with E-state index in [2.05, 4.69) is 6.92 Å². The summed E-state index contributed by atoms with van der Waals surface area (Å²) in [6.07, 6.45) is -2.65. The molecule has 130 valence electrons. The van der Waals surface area contributed by atoms with Crippen LogP contribution in [0.25, 0.3) is 0 Å². The minimum Gasteiger partial charge on any atom is -0.338 e. The van der Waals surface area contributed by atoms with Gasteiger partial charge in [-0.2, -0.15) is 13.2 Å². The third-order valence-electron chi connectivity index (χ3n) is 4.18. The Bertz CT molecular complexity index is 536. The molecule has 0 spiro atoms. The number of likely N-dealkylation sites (tertiary alicyclic amines) is 1. The molecule has 1 amide bonds. The molecule has 1 aromatic rings. The molecule has 3 nitrogen and oxygen atoms in total. The lowest BCUT2D eigenvalue weighted by Crippen LogP contribution is -2.49. The molecule has 1 heterocycles. The van der Waals surface area contributed by atoms with E-state index in [1.807, 2.05) is 0 Å². The zero-order valence-electron chi connectivity index (χ0n) is 13.0. The van der Waals surface area contributed by atoms with Crippen LogP contribution in [0.3, 0.4) is 0 Å². The monoisotopic (exact) mass is 350 g/mol. The summed E-state index contributed by atoms with van der Waals surface area (Å²) < 4.78 is 38.1. The van der Waals surface area contributed by atoms with Crippen LogP contribution < -0.4 is 5.73 Å². The Morgan fingerprint density at radius 3 is 2.70 bits per heavy atom. The highest BCUT2D eigenvalue weighted by Crippen LogP contribution is 2.30. The number of piperidine rings is 1. The molecular formula is C16H22ClF3N2O. The van der Waals surface area contributed by atoms with Crippen molar-refractivity contribution in [2.45, 2.75) is 38.4 Å². The maximum atomic E-state index is 12.7. The van der Waals surface area contributed by atoms with E-state index in [1.54, 1.807) is 11.0 Å². The molecule has 2 unspecified atom stereocenters. The third-order valence-corrected chi connectivity index (χ3v) is 4.18. The largest absolute Gasteiger partial charge is 0.416 e. The topological polar surface area (TPSA) is 46.3 Å². The Morgan fingerprint density at radius 2 is 2.09 bits per heavy atom. The molecular weight excluding hydrogens is 329 g/mol. The maximum Gasteiger partial charge on any atom is 0.416 e. The molecule has 1 fully saturated rings. The van der Waals surface area contributed by atoms with Gasteiger partial charge in [-0.05, 0) is 30.4 Å². The summed E-state index contributed by atoms with van der Waals surface area (Å²) in [7, 11) is 0. The number of nitrogens with zero attached hydrogens (tertiary/aromatic N) is 1. The molecule has 0 aromatic heterocycles. The lowest BCUT2D eigenvalue weighted by molar-refractivity contribution is -0.138. The molecule has 2 atom stereocenters. The Labute approximate surface area is 140 Å². The van der Waals surface area contributed by atoms with Crippen molar-refractivity contribution in [1.29, 1.82) is 0 Å². The molecule has 1 aliphatic heterocycles. The lowest BCUT2D eigenvalue weighted by atomic mass is 9.92. The Balaban J connectivity index is 0.00000264. The van der Waals surface area contributed by atoms with Crippen LogP contribution in [0.4, 0.5) is 13.2 Å². The van der Waals surface area contributed by atoms with Gasteiger partial charge in [0.2, 0.25) is 5.91 Å². The van der Waals surface area contributed by atoms with Crippen LogP contribution in [-0.2, 0) is 17.4 Å². The first-order valence-corrected chi connectivity index (χ1v) is 7.47. The number of amides is 1. The summed E-state index contributed by atoms with van der Waals surface area (Å²) in [5, 5.41) is 0. The number of hydrogen-bond donors (Lipinski definition) is 1. The number of carbonyl (C=O) groups is 1. The van der Waals surface area contributed by atoms with Crippen molar-refractivity contribution in [3.8, 4) is 0 Å². The average molecular weight is 351 g/mol. The number of hydrogen-bond acceptors (Lipinski definition) is 2. The first kappa shape index (κ1) is 19.8. The number of benzene rings is 1. The molecule has 2 N–H and O–H groups in total. The highest BCUT2D eigenvalue weighted by molar-refractivity contribution is 5.85. The predicted molar refractivity (Wildman–Crippen MR) is 85.3 cm³/mol. The van der Waals surface area contributed by atoms with Crippen molar-refractivity contribution in [2.24, 2.45) is 11.7 Å². The minimum absolute atomic E-state index is 0. The van der Waals surface area contributed by atoms with Crippen molar-refractivity contribution < 1.29 is 18.0 Å². The van der Waals surface area contributed by atoms with Gasteiger partial charge in [-0.25, -0.2) is 0 Å².